The van der Waals surface area contributed by atoms with Crippen LogP contribution in [0.2, 0.25) is 0 Å². The fourth-order valence-electron chi connectivity index (χ4n) is 3.42. The second kappa shape index (κ2) is 5.62. The summed E-state index contributed by atoms with van der Waals surface area (Å²) < 4.78 is 10.0. The van der Waals surface area contributed by atoms with E-state index in [0.29, 0.717) is 19.6 Å². The molecule has 0 N–H and O–H groups in total. The molecule has 0 aromatic carbocycles. The average molecular weight is 307 g/mol. The molecule has 2 atom stereocenters. The van der Waals surface area contributed by atoms with E-state index in [0.717, 1.165) is 29.9 Å². The van der Waals surface area contributed by atoms with E-state index in [1.54, 1.807) is 4.90 Å². The highest BCUT2D eigenvalue weighted by atomic mass is 16.5. The molecule has 0 aliphatic carbocycles. The fourth-order valence-corrected chi connectivity index (χ4v) is 3.42. The molecule has 1 aromatic heterocycles. The Morgan fingerprint density at radius 3 is 2.77 bits per heavy atom. The number of rotatable bonds is 2. The number of aryl methyl sites for hydroxylation is 2. The molecule has 0 spiro atoms. The summed E-state index contributed by atoms with van der Waals surface area (Å²) in [6.07, 6.45) is 1.38. The van der Waals surface area contributed by atoms with Gasteiger partial charge in [0.1, 0.15) is 5.76 Å². The van der Waals surface area contributed by atoms with Gasteiger partial charge in [0.15, 0.2) is 0 Å². The van der Waals surface area contributed by atoms with Crippen LogP contribution in [0.1, 0.15) is 29.9 Å². The number of fused-ring (bicyclic) bond motifs is 4. The monoisotopic (exact) mass is 307 g/mol. The Labute approximate surface area is 129 Å². The minimum absolute atomic E-state index is 0.0269. The van der Waals surface area contributed by atoms with Crippen LogP contribution in [0.4, 0.5) is 4.79 Å². The largest absolute Gasteiger partial charge is 0.453 e. The van der Waals surface area contributed by atoms with E-state index in [4.69, 9.17) is 9.26 Å². The second-order valence-electron chi connectivity index (χ2n) is 6.07. The van der Waals surface area contributed by atoms with E-state index < -0.39 is 0 Å². The predicted octanol–water partition coefficient (Wildman–Crippen LogP) is 1.48. The minimum Gasteiger partial charge on any atom is -0.453 e. The number of nitrogens with zero attached hydrogens (tertiary/aromatic N) is 3. The first-order chi connectivity index (χ1) is 10.5. The quantitative estimate of drug-likeness (QED) is 0.827. The molecule has 2 amide bonds. The zero-order chi connectivity index (χ0) is 15.9. The van der Waals surface area contributed by atoms with Crippen molar-refractivity contribution in [3.63, 3.8) is 0 Å². The Kier molecular flexibility index (Phi) is 3.80. The molecule has 1 aromatic rings. The molecule has 0 radical (unpaired) electrons. The van der Waals surface area contributed by atoms with Gasteiger partial charge >= 0.3 is 6.09 Å². The molecule has 4 rings (SSSR count). The van der Waals surface area contributed by atoms with E-state index in [1.807, 2.05) is 18.7 Å². The number of methoxy groups -OCH3 is 1. The summed E-state index contributed by atoms with van der Waals surface area (Å²) in [5.74, 6) is 0.719. The van der Waals surface area contributed by atoms with Crippen LogP contribution in [0.15, 0.2) is 4.52 Å². The first-order valence-electron chi connectivity index (χ1n) is 7.56. The second-order valence-corrected chi connectivity index (χ2v) is 6.07. The number of ether oxygens (including phenoxy) is 1. The minimum atomic E-state index is -0.358. The first kappa shape index (κ1) is 14.9. The van der Waals surface area contributed by atoms with Crippen LogP contribution in [0.3, 0.4) is 0 Å². The van der Waals surface area contributed by atoms with E-state index in [-0.39, 0.29) is 24.0 Å². The van der Waals surface area contributed by atoms with Crippen LogP contribution in [0.25, 0.3) is 0 Å². The van der Waals surface area contributed by atoms with Crippen LogP contribution in [-0.4, -0.2) is 53.2 Å². The highest BCUT2D eigenvalue weighted by Crippen LogP contribution is 2.31. The fraction of sp³-hybridized carbons (Fsp3) is 0.667. The first-order valence-corrected chi connectivity index (χ1v) is 7.56. The Morgan fingerprint density at radius 1 is 1.36 bits per heavy atom. The van der Waals surface area contributed by atoms with Crippen LogP contribution < -0.4 is 0 Å². The summed E-state index contributed by atoms with van der Waals surface area (Å²) in [6.45, 7) is 5.21. The van der Waals surface area contributed by atoms with Gasteiger partial charge in [0.2, 0.25) is 5.91 Å². The lowest BCUT2D eigenvalue weighted by Crippen LogP contribution is -2.47. The van der Waals surface area contributed by atoms with Gasteiger partial charge in [-0.1, -0.05) is 5.16 Å². The van der Waals surface area contributed by atoms with Crippen LogP contribution in [0.5, 0.6) is 0 Å². The third-order valence-electron chi connectivity index (χ3n) is 4.74. The Bertz CT molecular complexity index is 578. The number of carbonyl (C=O) groups excluding carboxylic acids is 2. The van der Waals surface area contributed by atoms with Gasteiger partial charge in [-0.2, -0.15) is 0 Å². The molecule has 3 aliphatic rings. The molecular formula is C15H21N3O4. The lowest BCUT2D eigenvalue weighted by molar-refractivity contribution is -0.140. The van der Waals surface area contributed by atoms with Crippen molar-refractivity contribution in [2.24, 2.45) is 5.92 Å². The number of hydrogen-bond acceptors (Lipinski definition) is 5. The number of aromatic nitrogens is 1. The lowest BCUT2D eigenvalue weighted by Gasteiger charge is -2.35. The van der Waals surface area contributed by atoms with Crippen molar-refractivity contribution in [2.45, 2.75) is 39.3 Å². The van der Waals surface area contributed by atoms with Crippen molar-refractivity contribution in [3.8, 4) is 0 Å². The van der Waals surface area contributed by atoms with Crippen molar-refractivity contribution in [1.29, 1.82) is 0 Å². The summed E-state index contributed by atoms with van der Waals surface area (Å²) in [5.41, 5.74) is 1.78. The van der Waals surface area contributed by atoms with Gasteiger partial charge in [-0.05, 0) is 26.7 Å². The average Bonchev–Trinajstić information content (AvgIpc) is 2.71. The molecule has 7 nitrogen and oxygen atoms in total. The van der Waals surface area contributed by atoms with Crippen LogP contribution in [-0.2, 0) is 16.1 Å². The maximum atomic E-state index is 12.7. The molecule has 3 fully saturated rings. The zero-order valence-corrected chi connectivity index (χ0v) is 13.2. The molecule has 7 heteroatoms. The van der Waals surface area contributed by atoms with Crippen molar-refractivity contribution < 1.29 is 18.8 Å². The van der Waals surface area contributed by atoms with Gasteiger partial charge < -0.3 is 19.1 Å². The van der Waals surface area contributed by atoms with Gasteiger partial charge in [0, 0.05) is 24.7 Å². The number of hydrogen-bond donors (Lipinski definition) is 0. The molecule has 2 bridgehead atoms. The molecule has 3 saturated heterocycles. The summed E-state index contributed by atoms with van der Waals surface area (Å²) in [7, 11) is 1.37. The standard InChI is InChI=1S/C15H21N3O4/c1-9-13(10(2)22-16-9)8-18-12-5-4-11(14(18)19)6-17(7-12)15(20)21-3/h11-12H,4-8H2,1-3H3/t11-,12+/m0/s1. The SMILES string of the molecule is COC(=O)N1C[C@@H]2CC[C@H](C1)N(Cc1c(C)noc1C)C2=O. The summed E-state index contributed by atoms with van der Waals surface area (Å²) in [6, 6.07) is 0.0269. The van der Waals surface area contributed by atoms with Gasteiger partial charge in [0.05, 0.1) is 25.3 Å². The Morgan fingerprint density at radius 2 is 2.14 bits per heavy atom. The normalized spacial score (nSPS) is 24.6. The summed E-state index contributed by atoms with van der Waals surface area (Å²) in [5, 5.41) is 3.95. The van der Waals surface area contributed by atoms with Crippen molar-refractivity contribution in [2.75, 3.05) is 20.2 Å². The van der Waals surface area contributed by atoms with Gasteiger partial charge in [-0.3, -0.25) is 4.79 Å². The van der Waals surface area contributed by atoms with Crippen molar-refractivity contribution >= 4 is 12.0 Å². The summed E-state index contributed by atoms with van der Waals surface area (Å²) in [4.78, 5) is 28.1. The molecule has 4 heterocycles. The van der Waals surface area contributed by atoms with Crippen molar-refractivity contribution in [1.82, 2.24) is 15.0 Å². The van der Waals surface area contributed by atoms with Gasteiger partial charge in [0.25, 0.3) is 0 Å². The number of carbonyl (C=O) groups is 2. The number of amides is 2. The third kappa shape index (κ3) is 2.44. The van der Waals surface area contributed by atoms with E-state index in [9.17, 15) is 9.59 Å². The molecule has 22 heavy (non-hydrogen) atoms. The maximum Gasteiger partial charge on any atom is 0.409 e. The Hall–Kier alpha value is -2.05. The zero-order valence-electron chi connectivity index (χ0n) is 13.2. The molecule has 0 unspecified atom stereocenters. The summed E-state index contributed by atoms with van der Waals surface area (Å²) >= 11 is 0. The maximum absolute atomic E-state index is 12.7. The lowest BCUT2D eigenvalue weighted by atomic mass is 9.93. The highest BCUT2D eigenvalue weighted by Gasteiger charge is 2.42. The molecular weight excluding hydrogens is 286 g/mol. The predicted molar refractivity (Wildman–Crippen MR) is 77.0 cm³/mol. The molecule has 3 aliphatic heterocycles. The van der Waals surface area contributed by atoms with Crippen molar-refractivity contribution in [3.05, 3.63) is 17.0 Å². The molecule has 120 valence electrons. The Balaban J connectivity index is 1.84. The topological polar surface area (TPSA) is 75.9 Å². The van der Waals surface area contributed by atoms with Crippen LogP contribution >= 0.6 is 0 Å². The van der Waals surface area contributed by atoms with Crippen LogP contribution in [0, 0.1) is 19.8 Å². The van der Waals surface area contributed by atoms with E-state index >= 15 is 0 Å². The highest BCUT2D eigenvalue weighted by molar-refractivity contribution is 5.82. The number of piperidine rings is 1. The van der Waals surface area contributed by atoms with Gasteiger partial charge in [-0.25, -0.2) is 4.79 Å². The van der Waals surface area contributed by atoms with E-state index in [1.165, 1.54) is 7.11 Å². The van der Waals surface area contributed by atoms with Gasteiger partial charge in [-0.15, -0.1) is 0 Å². The van der Waals surface area contributed by atoms with E-state index in [2.05, 4.69) is 5.16 Å². The smallest absolute Gasteiger partial charge is 0.409 e. The third-order valence-corrected chi connectivity index (χ3v) is 4.74. The molecule has 0 saturated carbocycles.